The maximum absolute atomic E-state index is 12.4. The lowest BCUT2D eigenvalue weighted by Crippen LogP contribution is -2.14. The highest BCUT2D eigenvalue weighted by molar-refractivity contribution is 5.99. The smallest absolute Gasteiger partial charge is 0.334 e. The Bertz CT molecular complexity index is 731. The van der Waals surface area contributed by atoms with E-state index >= 15 is 0 Å². The van der Waals surface area contributed by atoms with Crippen LogP contribution in [0.25, 0.3) is 6.08 Å². The van der Waals surface area contributed by atoms with Crippen LogP contribution in [0.4, 0.5) is 0 Å². The van der Waals surface area contributed by atoms with Gasteiger partial charge in [0, 0.05) is 17.1 Å². The third-order valence-corrected chi connectivity index (χ3v) is 3.89. The molecule has 3 heteroatoms. The topological polar surface area (TPSA) is 35.5 Å². The predicted octanol–water partition coefficient (Wildman–Crippen LogP) is 3.79. The van der Waals surface area contributed by atoms with Crippen molar-refractivity contribution in [1.29, 1.82) is 0 Å². The number of hydrogen-bond acceptors (Lipinski definition) is 3. The van der Waals surface area contributed by atoms with Crippen molar-refractivity contribution in [1.82, 2.24) is 0 Å². The van der Waals surface area contributed by atoms with Crippen LogP contribution in [-0.4, -0.2) is 19.7 Å². The van der Waals surface area contributed by atoms with E-state index in [0.29, 0.717) is 12.2 Å². The molecule has 1 unspecified atom stereocenters. The molecule has 22 heavy (non-hydrogen) atoms. The van der Waals surface area contributed by atoms with Crippen molar-refractivity contribution in [3.05, 3.63) is 70.8 Å². The summed E-state index contributed by atoms with van der Waals surface area (Å²) in [5.74, 6) is 0.361. The fourth-order valence-corrected chi connectivity index (χ4v) is 2.95. The number of rotatable bonds is 4. The molecule has 0 aliphatic heterocycles. The van der Waals surface area contributed by atoms with E-state index in [1.807, 2.05) is 55.5 Å². The molecule has 1 aliphatic rings. The molecule has 112 valence electrons. The van der Waals surface area contributed by atoms with Gasteiger partial charge in [0.15, 0.2) is 0 Å². The van der Waals surface area contributed by atoms with Gasteiger partial charge in [-0.3, -0.25) is 0 Å². The summed E-state index contributed by atoms with van der Waals surface area (Å²) >= 11 is 0. The molecule has 0 N–H and O–H groups in total. The quantitative estimate of drug-likeness (QED) is 0.805. The van der Waals surface area contributed by atoms with E-state index in [-0.39, 0.29) is 11.9 Å². The monoisotopic (exact) mass is 294 g/mol. The van der Waals surface area contributed by atoms with Gasteiger partial charge < -0.3 is 9.47 Å². The summed E-state index contributed by atoms with van der Waals surface area (Å²) in [6, 6.07) is 15.8. The minimum absolute atomic E-state index is 0.147. The third-order valence-electron chi connectivity index (χ3n) is 3.89. The molecule has 0 fully saturated rings. The van der Waals surface area contributed by atoms with Gasteiger partial charge in [-0.1, -0.05) is 42.5 Å². The summed E-state index contributed by atoms with van der Waals surface area (Å²) in [5.41, 5.74) is 3.80. The van der Waals surface area contributed by atoms with Crippen molar-refractivity contribution >= 4 is 12.0 Å². The van der Waals surface area contributed by atoms with Crippen LogP contribution in [0, 0.1) is 0 Å². The number of hydrogen-bond donors (Lipinski definition) is 0. The molecule has 2 aromatic rings. The Morgan fingerprint density at radius 2 is 1.73 bits per heavy atom. The minimum atomic E-state index is -0.269. The second-order valence-electron chi connectivity index (χ2n) is 5.12. The number of esters is 1. The van der Waals surface area contributed by atoms with Crippen LogP contribution in [0.3, 0.4) is 0 Å². The molecule has 0 heterocycles. The zero-order chi connectivity index (χ0) is 15.5. The first kappa shape index (κ1) is 14.4. The van der Waals surface area contributed by atoms with Gasteiger partial charge in [-0.15, -0.1) is 0 Å². The van der Waals surface area contributed by atoms with Crippen molar-refractivity contribution in [3.8, 4) is 5.75 Å². The Kier molecular flexibility index (Phi) is 3.96. The molecule has 0 radical (unpaired) electrons. The number of para-hydroxylation sites is 1. The minimum Gasteiger partial charge on any atom is -0.496 e. The summed E-state index contributed by atoms with van der Waals surface area (Å²) in [7, 11) is 1.65. The molecule has 0 spiro atoms. The Balaban J connectivity index is 2.13. The molecule has 0 saturated carbocycles. The number of benzene rings is 2. The normalized spacial score (nSPS) is 15.9. The number of carbonyl (C=O) groups excluding carboxylic acids is 1. The van der Waals surface area contributed by atoms with Crippen molar-refractivity contribution in [2.45, 2.75) is 12.8 Å². The maximum Gasteiger partial charge on any atom is 0.334 e. The SMILES string of the molecule is CCOC(=O)C1=Cc2ccccc2C1c1ccccc1OC. The first-order valence-corrected chi connectivity index (χ1v) is 7.36. The lowest BCUT2D eigenvalue weighted by Gasteiger charge is -2.19. The summed E-state index contributed by atoms with van der Waals surface area (Å²) in [5, 5.41) is 0. The van der Waals surface area contributed by atoms with Gasteiger partial charge in [0.25, 0.3) is 0 Å². The Hall–Kier alpha value is -2.55. The molecule has 0 amide bonds. The summed E-state index contributed by atoms with van der Waals surface area (Å²) < 4.78 is 10.7. The molecule has 1 aliphatic carbocycles. The molecular weight excluding hydrogens is 276 g/mol. The second kappa shape index (κ2) is 6.06. The van der Waals surface area contributed by atoms with Gasteiger partial charge in [0.2, 0.25) is 0 Å². The van der Waals surface area contributed by atoms with Gasteiger partial charge >= 0.3 is 5.97 Å². The first-order chi connectivity index (χ1) is 10.8. The van der Waals surface area contributed by atoms with Crippen LogP contribution in [0.1, 0.15) is 29.5 Å². The highest BCUT2D eigenvalue weighted by Gasteiger charge is 2.33. The maximum atomic E-state index is 12.4. The average Bonchev–Trinajstić information content (AvgIpc) is 2.94. The summed E-state index contributed by atoms with van der Waals surface area (Å²) in [6.07, 6.45) is 1.92. The molecule has 0 bridgehead atoms. The Morgan fingerprint density at radius 1 is 1.05 bits per heavy atom. The Labute approximate surface area is 130 Å². The van der Waals surface area contributed by atoms with E-state index in [9.17, 15) is 4.79 Å². The first-order valence-electron chi connectivity index (χ1n) is 7.36. The summed E-state index contributed by atoms with van der Waals surface area (Å²) in [4.78, 5) is 12.4. The molecule has 0 aromatic heterocycles. The van der Waals surface area contributed by atoms with Gasteiger partial charge in [0.1, 0.15) is 5.75 Å². The molecule has 0 saturated heterocycles. The fourth-order valence-electron chi connectivity index (χ4n) is 2.95. The molecule has 3 rings (SSSR count). The van der Waals surface area contributed by atoms with Gasteiger partial charge in [-0.05, 0) is 30.2 Å². The Morgan fingerprint density at radius 3 is 2.45 bits per heavy atom. The van der Waals surface area contributed by atoms with E-state index in [0.717, 1.165) is 22.4 Å². The lowest BCUT2D eigenvalue weighted by atomic mass is 9.88. The summed E-state index contributed by atoms with van der Waals surface area (Å²) in [6.45, 7) is 2.18. The number of carbonyl (C=O) groups is 1. The third kappa shape index (κ3) is 2.39. The van der Waals surface area contributed by atoms with Gasteiger partial charge in [-0.2, -0.15) is 0 Å². The zero-order valence-corrected chi connectivity index (χ0v) is 12.7. The number of ether oxygens (including phenoxy) is 2. The van der Waals surface area contributed by atoms with Crippen LogP contribution in [-0.2, 0) is 9.53 Å². The number of methoxy groups -OCH3 is 1. The predicted molar refractivity (Wildman–Crippen MR) is 85.9 cm³/mol. The molecule has 3 nitrogen and oxygen atoms in total. The lowest BCUT2D eigenvalue weighted by molar-refractivity contribution is -0.138. The average molecular weight is 294 g/mol. The van der Waals surface area contributed by atoms with E-state index in [1.54, 1.807) is 7.11 Å². The second-order valence-corrected chi connectivity index (χ2v) is 5.12. The highest BCUT2D eigenvalue weighted by Crippen LogP contribution is 2.44. The van der Waals surface area contributed by atoms with Crippen LogP contribution in [0.15, 0.2) is 54.1 Å². The van der Waals surface area contributed by atoms with Crippen LogP contribution in [0.5, 0.6) is 5.75 Å². The van der Waals surface area contributed by atoms with Crippen LogP contribution < -0.4 is 4.74 Å². The largest absolute Gasteiger partial charge is 0.496 e. The van der Waals surface area contributed by atoms with Crippen molar-refractivity contribution < 1.29 is 14.3 Å². The van der Waals surface area contributed by atoms with Gasteiger partial charge in [-0.25, -0.2) is 4.79 Å². The fraction of sp³-hybridized carbons (Fsp3) is 0.211. The molecule has 1 atom stereocenters. The van der Waals surface area contributed by atoms with Crippen molar-refractivity contribution in [2.24, 2.45) is 0 Å². The van der Waals surface area contributed by atoms with Crippen LogP contribution in [0.2, 0.25) is 0 Å². The highest BCUT2D eigenvalue weighted by atomic mass is 16.5. The van der Waals surface area contributed by atoms with E-state index in [1.165, 1.54) is 0 Å². The van der Waals surface area contributed by atoms with E-state index in [4.69, 9.17) is 9.47 Å². The van der Waals surface area contributed by atoms with Crippen LogP contribution >= 0.6 is 0 Å². The zero-order valence-electron chi connectivity index (χ0n) is 12.7. The van der Waals surface area contributed by atoms with E-state index < -0.39 is 0 Å². The van der Waals surface area contributed by atoms with Crippen molar-refractivity contribution in [3.63, 3.8) is 0 Å². The molecule has 2 aromatic carbocycles. The van der Waals surface area contributed by atoms with Gasteiger partial charge in [0.05, 0.1) is 13.7 Å². The standard InChI is InChI=1S/C19H18O3/c1-3-22-19(20)16-12-13-8-4-5-9-14(13)18(16)15-10-6-7-11-17(15)21-2/h4-12,18H,3H2,1-2H3. The van der Waals surface area contributed by atoms with E-state index in [2.05, 4.69) is 6.07 Å². The van der Waals surface area contributed by atoms with Crippen molar-refractivity contribution in [2.75, 3.05) is 13.7 Å². The molecular formula is C19H18O3. The number of fused-ring (bicyclic) bond motifs is 1.